The molecule has 0 unspecified atom stereocenters. The minimum atomic E-state index is -0.516. The maximum Gasteiger partial charge on any atom is 0.108 e. The number of hydrogen-bond acceptors (Lipinski definition) is 4. The zero-order valence-electron chi connectivity index (χ0n) is 13.6. The first kappa shape index (κ1) is 16.1. The summed E-state index contributed by atoms with van der Waals surface area (Å²) in [6.07, 6.45) is 4.38. The van der Waals surface area contributed by atoms with Crippen molar-refractivity contribution in [2.24, 2.45) is 0 Å². The first-order valence-corrected chi connectivity index (χ1v) is 8.11. The summed E-state index contributed by atoms with van der Waals surface area (Å²) in [4.78, 5) is 6.42. The summed E-state index contributed by atoms with van der Waals surface area (Å²) in [7, 11) is 0. The van der Waals surface area contributed by atoms with E-state index in [-0.39, 0.29) is 6.61 Å². The Morgan fingerprint density at radius 1 is 1.22 bits per heavy atom. The van der Waals surface area contributed by atoms with E-state index in [2.05, 4.69) is 28.9 Å². The first-order valence-electron chi connectivity index (χ1n) is 8.11. The molecule has 1 aromatic carbocycles. The van der Waals surface area contributed by atoms with E-state index < -0.39 is 5.60 Å². The minimum Gasteiger partial charge on any atom is -0.393 e. The molecule has 0 amide bonds. The van der Waals surface area contributed by atoms with Crippen molar-refractivity contribution in [1.82, 2.24) is 9.88 Å². The van der Waals surface area contributed by atoms with Gasteiger partial charge in [-0.15, -0.1) is 0 Å². The molecular weight excluding hydrogens is 288 g/mol. The van der Waals surface area contributed by atoms with Gasteiger partial charge in [0.1, 0.15) is 5.60 Å². The Balaban J connectivity index is 1.72. The van der Waals surface area contributed by atoms with E-state index in [9.17, 15) is 5.11 Å². The van der Waals surface area contributed by atoms with E-state index in [1.54, 1.807) is 0 Å². The molecule has 1 N–H and O–H groups in total. The molecule has 122 valence electrons. The van der Waals surface area contributed by atoms with Crippen LogP contribution in [0.2, 0.25) is 0 Å². The number of aliphatic hydroxyl groups excluding tert-OH is 1. The Morgan fingerprint density at radius 3 is 2.74 bits per heavy atom. The number of benzene rings is 1. The molecule has 4 heteroatoms. The topological polar surface area (TPSA) is 45.6 Å². The highest BCUT2D eigenvalue weighted by Crippen LogP contribution is 2.25. The average molecular weight is 312 g/mol. The predicted octanol–water partition coefficient (Wildman–Crippen LogP) is 2.20. The largest absolute Gasteiger partial charge is 0.393 e. The Kier molecular flexibility index (Phi) is 5.06. The Morgan fingerprint density at radius 2 is 2.00 bits per heavy atom. The third kappa shape index (κ3) is 3.96. The molecule has 4 nitrogen and oxygen atoms in total. The highest BCUT2D eigenvalue weighted by atomic mass is 16.5. The summed E-state index contributed by atoms with van der Waals surface area (Å²) in [5.41, 5.74) is 3.21. The molecule has 0 radical (unpaired) electrons. The summed E-state index contributed by atoms with van der Waals surface area (Å²) in [6.45, 7) is 5.28. The Hall–Kier alpha value is -1.75. The summed E-state index contributed by atoms with van der Waals surface area (Å²) >= 11 is 0. The van der Waals surface area contributed by atoms with Gasteiger partial charge in [0.15, 0.2) is 0 Å². The standard InChI is InChI=1S/C19H24N2O2/c1-16-4-2-3-5-18(16)12-19(15-22)14-21(10-11-23-19)13-17-6-8-20-9-7-17/h2-9,22H,10-15H2,1H3/t19-/m0/s1. The van der Waals surface area contributed by atoms with Gasteiger partial charge in [-0.2, -0.15) is 0 Å². The van der Waals surface area contributed by atoms with E-state index in [0.29, 0.717) is 6.61 Å². The monoisotopic (exact) mass is 312 g/mol. The lowest BCUT2D eigenvalue weighted by Crippen LogP contribution is -2.55. The van der Waals surface area contributed by atoms with Crippen LogP contribution in [0.15, 0.2) is 48.8 Å². The van der Waals surface area contributed by atoms with Crippen LogP contribution in [0.25, 0.3) is 0 Å². The third-order valence-electron chi connectivity index (χ3n) is 4.55. The lowest BCUT2D eigenvalue weighted by atomic mass is 9.91. The fourth-order valence-electron chi connectivity index (χ4n) is 3.22. The number of nitrogens with zero attached hydrogens (tertiary/aromatic N) is 2. The lowest BCUT2D eigenvalue weighted by Gasteiger charge is -2.42. The quantitative estimate of drug-likeness (QED) is 0.919. The van der Waals surface area contributed by atoms with E-state index in [0.717, 1.165) is 26.1 Å². The number of ether oxygens (including phenoxy) is 1. The van der Waals surface area contributed by atoms with Gasteiger partial charge in [-0.25, -0.2) is 0 Å². The van der Waals surface area contributed by atoms with Crippen molar-refractivity contribution >= 4 is 0 Å². The second kappa shape index (κ2) is 7.21. The van der Waals surface area contributed by atoms with Crippen LogP contribution in [0.3, 0.4) is 0 Å². The van der Waals surface area contributed by atoms with Crippen molar-refractivity contribution in [2.45, 2.75) is 25.5 Å². The van der Waals surface area contributed by atoms with Crippen molar-refractivity contribution in [3.63, 3.8) is 0 Å². The zero-order valence-corrected chi connectivity index (χ0v) is 13.6. The van der Waals surface area contributed by atoms with Gasteiger partial charge in [-0.1, -0.05) is 24.3 Å². The zero-order chi connectivity index (χ0) is 16.1. The minimum absolute atomic E-state index is 0.0359. The van der Waals surface area contributed by atoms with Gasteiger partial charge in [-0.05, 0) is 35.7 Å². The number of aliphatic hydroxyl groups is 1. The summed E-state index contributed by atoms with van der Waals surface area (Å²) in [5, 5.41) is 10.0. The molecular formula is C19H24N2O2. The highest BCUT2D eigenvalue weighted by molar-refractivity contribution is 5.27. The maximum absolute atomic E-state index is 10.0. The van der Waals surface area contributed by atoms with Gasteiger partial charge in [0.05, 0.1) is 13.2 Å². The number of morpholine rings is 1. The second-order valence-electron chi connectivity index (χ2n) is 6.36. The second-order valence-corrected chi connectivity index (χ2v) is 6.36. The van der Waals surface area contributed by atoms with Crippen molar-refractivity contribution in [3.05, 3.63) is 65.5 Å². The van der Waals surface area contributed by atoms with Gasteiger partial charge < -0.3 is 9.84 Å². The number of hydrogen-bond donors (Lipinski definition) is 1. The molecule has 1 aliphatic rings. The molecule has 1 saturated heterocycles. The van der Waals surface area contributed by atoms with Crippen LogP contribution < -0.4 is 0 Å². The number of aromatic nitrogens is 1. The molecule has 1 fully saturated rings. The smallest absolute Gasteiger partial charge is 0.108 e. The Bertz CT molecular complexity index is 632. The molecule has 2 heterocycles. The fraction of sp³-hybridized carbons (Fsp3) is 0.421. The summed E-state index contributed by atoms with van der Waals surface area (Å²) in [5.74, 6) is 0. The summed E-state index contributed by atoms with van der Waals surface area (Å²) < 4.78 is 6.04. The van der Waals surface area contributed by atoms with E-state index >= 15 is 0 Å². The number of rotatable bonds is 5. The maximum atomic E-state index is 10.0. The van der Waals surface area contributed by atoms with Crippen molar-refractivity contribution in [2.75, 3.05) is 26.3 Å². The number of aryl methyl sites for hydroxylation is 1. The summed E-state index contributed by atoms with van der Waals surface area (Å²) in [6, 6.07) is 12.4. The van der Waals surface area contributed by atoms with Gasteiger partial charge in [0.2, 0.25) is 0 Å². The van der Waals surface area contributed by atoms with E-state index in [1.807, 2.05) is 36.7 Å². The normalized spacial score (nSPS) is 22.2. The number of pyridine rings is 1. The first-order chi connectivity index (χ1) is 11.2. The van der Waals surface area contributed by atoms with Crippen LogP contribution in [0.5, 0.6) is 0 Å². The van der Waals surface area contributed by atoms with Crippen LogP contribution in [-0.4, -0.2) is 46.9 Å². The molecule has 0 bridgehead atoms. The Labute approximate surface area is 137 Å². The molecule has 23 heavy (non-hydrogen) atoms. The molecule has 0 spiro atoms. The molecule has 1 aromatic heterocycles. The molecule has 3 rings (SSSR count). The molecule has 0 saturated carbocycles. The average Bonchev–Trinajstić information content (AvgIpc) is 2.58. The van der Waals surface area contributed by atoms with Gasteiger partial charge >= 0.3 is 0 Å². The van der Waals surface area contributed by atoms with Gasteiger partial charge in [0, 0.05) is 38.4 Å². The third-order valence-corrected chi connectivity index (χ3v) is 4.55. The van der Waals surface area contributed by atoms with E-state index in [1.165, 1.54) is 16.7 Å². The van der Waals surface area contributed by atoms with Crippen molar-refractivity contribution in [1.29, 1.82) is 0 Å². The van der Waals surface area contributed by atoms with Crippen molar-refractivity contribution < 1.29 is 9.84 Å². The van der Waals surface area contributed by atoms with Crippen LogP contribution in [0, 0.1) is 6.92 Å². The van der Waals surface area contributed by atoms with Crippen LogP contribution >= 0.6 is 0 Å². The van der Waals surface area contributed by atoms with Gasteiger partial charge in [-0.3, -0.25) is 9.88 Å². The predicted molar refractivity (Wildman–Crippen MR) is 90.2 cm³/mol. The molecule has 1 atom stereocenters. The SMILES string of the molecule is Cc1ccccc1C[C@@]1(CO)CN(Cc2ccncc2)CCO1. The van der Waals surface area contributed by atoms with Crippen LogP contribution in [0.4, 0.5) is 0 Å². The lowest BCUT2D eigenvalue weighted by molar-refractivity contribution is -0.134. The van der Waals surface area contributed by atoms with E-state index in [4.69, 9.17) is 4.74 Å². The highest BCUT2D eigenvalue weighted by Gasteiger charge is 2.36. The molecule has 2 aromatic rings. The van der Waals surface area contributed by atoms with Gasteiger partial charge in [0.25, 0.3) is 0 Å². The van der Waals surface area contributed by atoms with Crippen LogP contribution in [0.1, 0.15) is 16.7 Å². The molecule has 1 aliphatic heterocycles. The molecule has 0 aliphatic carbocycles. The fourth-order valence-corrected chi connectivity index (χ4v) is 3.22. The van der Waals surface area contributed by atoms with Crippen LogP contribution in [-0.2, 0) is 17.7 Å². The van der Waals surface area contributed by atoms with Crippen molar-refractivity contribution in [3.8, 4) is 0 Å².